The van der Waals surface area contributed by atoms with Crippen molar-refractivity contribution in [3.05, 3.63) is 36.7 Å². The quantitative estimate of drug-likeness (QED) is 0.768. The third-order valence-electron chi connectivity index (χ3n) is 4.24. The maximum absolute atomic E-state index is 5.89. The molecule has 1 aliphatic rings. The molecule has 1 aliphatic heterocycles. The standard InChI is InChI=1S/C16H23N5O2/c1-3-21-16(18-12-19-21)10-20-9-15(22-2)7-13(20)11-23-14-5-4-6-17-8-14/h4-6,8,12-13,15H,3,7,9-11H2,1-2H3/t13-,15+/m0/s1. The zero-order chi connectivity index (χ0) is 16.1. The second kappa shape index (κ2) is 7.52. The van der Waals surface area contributed by atoms with Crippen LogP contribution in [0, 0.1) is 0 Å². The molecule has 7 nitrogen and oxygen atoms in total. The topological polar surface area (TPSA) is 65.3 Å². The summed E-state index contributed by atoms with van der Waals surface area (Å²) in [6, 6.07) is 4.10. The van der Waals surface area contributed by atoms with Gasteiger partial charge < -0.3 is 9.47 Å². The van der Waals surface area contributed by atoms with Crippen LogP contribution in [0.3, 0.4) is 0 Å². The highest BCUT2D eigenvalue weighted by Crippen LogP contribution is 2.23. The Labute approximate surface area is 136 Å². The van der Waals surface area contributed by atoms with Crippen LogP contribution in [-0.4, -0.2) is 57.1 Å². The average molecular weight is 317 g/mol. The van der Waals surface area contributed by atoms with Gasteiger partial charge in [0.1, 0.15) is 24.5 Å². The summed E-state index contributed by atoms with van der Waals surface area (Å²) in [5, 5.41) is 4.24. The van der Waals surface area contributed by atoms with Crippen molar-refractivity contribution in [1.82, 2.24) is 24.6 Å². The fourth-order valence-corrected chi connectivity index (χ4v) is 2.96. The van der Waals surface area contributed by atoms with E-state index in [4.69, 9.17) is 9.47 Å². The Morgan fingerprint density at radius 1 is 1.39 bits per heavy atom. The van der Waals surface area contributed by atoms with Crippen molar-refractivity contribution in [1.29, 1.82) is 0 Å². The molecule has 0 unspecified atom stereocenters. The second-order valence-electron chi connectivity index (χ2n) is 5.67. The third-order valence-corrected chi connectivity index (χ3v) is 4.24. The highest BCUT2D eigenvalue weighted by atomic mass is 16.5. The lowest BCUT2D eigenvalue weighted by Crippen LogP contribution is -2.34. The monoisotopic (exact) mass is 317 g/mol. The molecule has 0 N–H and O–H groups in total. The van der Waals surface area contributed by atoms with E-state index in [1.165, 1.54) is 0 Å². The molecule has 0 saturated carbocycles. The van der Waals surface area contributed by atoms with E-state index in [1.54, 1.807) is 25.8 Å². The van der Waals surface area contributed by atoms with E-state index in [0.29, 0.717) is 12.6 Å². The van der Waals surface area contributed by atoms with Crippen LogP contribution in [0.4, 0.5) is 0 Å². The predicted molar refractivity (Wildman–Crippen MR) is 85.0 cm³/mol. The Balaban J connectivity index is 1.64. The number of ether oxygens (including phenoxy) is 2. The van der Waals surface area contributed by atoms with E-state index in [-0.39, 0.29) is 6.10 Å². The summed E-state index contributed by atoms with van der Waals surface area (Å²) in [7, 11) is 1.77. The molecular formula is C16H23N5O2. The Hall–Kier alpha value is -1.99. The second-order valence-corrected chi connectivity index (χ2v) is 5.67. The molecule has 0 spiro atoms. The van der Waals surface area contributed by atoms with Crippen LogP contribution >= 0.6 is 0 Å². The number of rotatable bonds is 7. The first-order chi connectivity index (χ1) is 11.3. The largest absolute Gasteiger partial charge is 0.490 e. The Morgan fingerprint density at radius 3 is 3.04 bits per heavy atom. The lowest BCUT2D eigenvalue weighted by Gasteiger charge is -2.23. The molecular weight excluding hydrogens is 294 g/mol. The number of methoxy groups -OCH3 is 1. The van der Waals surface area contributed by atoms with Gasteiger partial charge in [0.05, 0.1) is 18.8 Å². The van der Waals surface area contributed by atoms with Gasteiger partial charge >= 0.3 is 0 Å². The van der Waals surface area contributed by atoms with E-state index >= 15 is 0 Å². The van der Waals surface area contributed by atoms with Gasteiger partial charge in [-0.15, -0.1) is 0 Å². The minimum atomic E-state index is 0.232. The van der Waals surface area contributed by atoms with Crippen LogP contribution in [0.15, 0.2) is 30.9 Å². The van der Waals surface area contributed by atoms with E-state index in [0.717, 1.165) is 37.6 Å². The van der Waals surface area contributed by atoms with Crippen molar-refractivity contribution in [2.45, 2.75) is 38.6 Å². The van der Waals surface area contributed by atoms with E-state index < -0.39 is 0 Å². The van der Waals surface area contributed by atoms with Gasteiger partial charge in [-0.1, -0.05) is 0 Å². The summed E-state index contributed by atoms with van der Waals surface area (Å²) >= 11 is 0. The molecule has 2 aromatic rings. The summed E-state index contributed by atoms with van der Waals surface area (Å²) in [4.78, 5) is 10.8. The maximum Gasteiger partial charge on any atom is 0.141 e. The lowest BCUT2D eigenvalue weighted by atomic mass is 10.2. The fourth-order valence-electron chi connectivity index (χ4n) is 2.96. The van der Waals surface area contributed by atoms with Crippen molar-refractivity contribution in [2.75, 3.05) is 20.3 Å². The average Bonchev–Trinajstić information content (AvgIpc) is 3.20. The molecule has 0 amide bonds. The molecule has 23 heavy (non-hydrogen) atoms. The van der Waals surface area contributed by atoms with Gasteiger partial charge in [-0.3, -0.25) is 9.88 Å². The van der Waals surface area contributed by atoms with Crippen LogP contribution in [0.25, 0.3) is 0 Å². The highest BCUT2D eigenvalue weighted by molar-refractivity contribution is 5.15. The van der Waals surface area contributed by atoms with Crippen LogP contribution in [0.1, 0.15) is 19.2 Å². The first-order valence-corrected chi connectivity index (χ1v) is 7.96. The highest BCUT2D eigenvalue weighted by Gasteiger charge is 2.33. The number of aryl methyl sites for hydroxylation is 1. The molecule has 0 aromatic carbocycles. The van der Waals surface area contributed by atoms with Crippen molar-refractivity contribution >= 4 is 0 Å². The van der Waals surface area contributed by atoms with Crippen molar-refractivity contribution in [3.63, 3.8) is 0 Å². The molecule has 1 saturated heterocycles. The number of nitrogens with zero attached hydrogens (tertiary/aromatic N) is 5. The molecule has 3 rings (SSSR count). The molecule has 0 bridgehead atoms. The van der Waals surface area contributed by atoms with Gasteiger partial charge in [0, 0.05) is 32.4 Å². The zero-order valence-corrected chi connectivity index (χ0v) is 13.6. The van der Waals surface area contributed by atoms with Crippen LogP contribution < -0.4 is 4.74 Å². The number of likely N-dealkylation sites (tertiary alicyclic amines) is 1. The van der Waals surface area contributed by atoms with Gasteiger partial charge in [-0.25, -0.2) is 9.67 Å². The van der Waals surface area contributed by atoms with Crippen LogP contribution in [0.2, 0.25) is 0 Å². The Bertz CT molecular complexity index is 604. The normalized spacial score (nSPS) is 21.7. The number of hydrogen-bond acceptors (Lipinski definition) is 6. The lowest BCUT2D eigenvalue weighted by molar-refractivity contribution is 0.106. The van der Waals surface area contributed by atoms with Gasteiger partial charge in [0.25, 0.3) is 0 Å². The van der Waals surface area contributed by atoms with Gasteiger partial charge in [0.2, 0.25) is 0 Å². The minimum Gasteiger partial charge on any atom is -0.490 e. The van der Waals surface area contributed by atoms with E-state index in [9.17, 15) is 0 Å². The molecule has 124 valence electrons. The molecule has 2 aromatic heterocycles. The van der Waals surface area contributed by atoms with Gasteiger partial charge in [-0.05, 0) is 25.5 Å². The van der Waals surface area contributed by atoms with Crippen molar-refractivity contribution < 1.29 is 9.47 Å². The number of pyridine rings is 1. The molecule has 1 fully saturated rings. The Kier molecular flexibility index (Phi) is 5.19. The van der Waals surface area contributed by atoms with Crippen molar-refractivity contribution in [2.24, 2.45) is 0 Å². The molecule has 0 aliphatic carbocycles. The predicted octanol–water partition coefficient (Wildman–Crippen LogP) is 1.36. The maximum atomic E-state index is 5.89. The van der Waals surface area contributed by atoms with Gasteiger partial charge in [-0.2, -0.15) is 5.10 Å². The zero-order valence-electron chi connectivity index (χ0n) is 13.6. The van der Waals surface area contributed by atoms with E-state index in [1.807, 2.05) is 16.8 Å². The molecule has 2 atom stereocenters. The summed E-state index contributed by atoms with van der Waals surface area (Å²) in [5.41, 5.74) is 0. The number of aromatic nitrogens is 4. The molecule has 7 heteroatoms. The first kappa shape index (κ1) is 15.9. The molecule has 3 heterocycles. The minimum absolute atomic E-state index is 0.232. The van der Waals surface area contributed by atoms with E-state index in [2.05, 4.69) is 26.9 Å². The van der Waals surface area contributed by atoms with Gasteiger partial charge in [0.15, 0.2) is 0 Å². The smallest absolute Gasteiger partial charge is 0.141 e. The van der Waals surface area contributed by atoms with Crippen molar-refractivity contribution in [3.8, 4) is 5.75 Å². The fraction of sp³-hybridized carbons (Fsp3) is 0.562. The molecule has 0 radical (unpaired) electrons. The number of hydrogen-bond donors (Lipinski definition) is 0. The summed E-state index contributed by atoms with van der Waals surface area (Å²) in [6.07, 6.45) is 6.28. The van der Waals surface area contributed by atoms with Crippen LogP contribution in [-0.2, 0) is 17.8 Å². The third kappa shape index (κ3) is 3.86. The first-order valence-electron chi connectivity index (χ1n) is 7.96. The summed E-state index contributed by atoms with van der Waals surface area (Å²) in [6.45, 7) is 5.16. The summed E-state index contributed by atoms with van der Waals surface area (Å²) < 4.78 is 13.4. The SMILES string of the molecule is CCn1ncnc1CN1C[C@H](OC)C[C@H]1COc1cccnc1. The van der Waals surface area contributed by atoms with Crippen LogP contribution in [0.5, 0.6) is 5.75 Å². The Morgan fingerprint density at radius 2 is 2.30 bits per heavy atom. The summed E-state index contributed by atoms with van der Waals surface area (Å²) in [5.74, 6) is 1.78.